The summed E-state index contributed by atoms with van der Waals surface area (Å²) < 4.78 is 53.3. The Hall–Kier alpha value is -2.75. The van der Waals surface area contributed by atoms with Crippen LogP contribution < -0.4 is 10.6 Å². The third kappa shape index (κ3) is 3.07. The number of aromatic nitrogens is 3. The maximum atomic E-state index is 13.5. The topological polar surface area (TPSA) is 105 Å². The number of nitrogens with one attached hydrogen (secondary N) is 1. The van der Waals surface area contributed by atoms with Crippen LogP contribution in [-0.4, -0.2) is 42.4 Å². The first kappa shape index (κ1) is 18.6. The monoisotopic (exact) mass is 407 g/mol. The SMILES string of the molecule is Cc1nc(N2CCC(F)(F)CC2)c2[nH]c(N)c(S(=O)(=O)c3ccccc3)c2n1. The quantitative estimate of drug-likeness (QED) is 0.692. The molecule has 1 aliphatic rings. The molecule has 10 heteroatoms. The highest BCUT2D eigenvalue weighted by Crippen LogP contribution is 2.37. The molecule has 3 N–H and O–H groups in total. The summed E-state index contributed by atoms with van der Waals surface area (Å²) in [5, 5.41) is 0. The molecule has 7 nitrogen and oxygen atoms in total. The van der Waals surface area contributed by atoms with Crippen LogP contribution in [0.3, 0.4) is 0 Å². The molecule has 28 heavy (non-hydrogen) atoms. The highest BCUT2D eigenvalue weighted by molar-refractivity contribution is 7.92. The van der Waals surface area contributed by atoms with Crippen LogP contribution in [-0.2, 0) is 9.84 Å². The van der Waals surface area contributed by atoms with Crippen LogP contribution in [0.15, 0.2) is 40.1 Å². The first-order chi connectivity index (χ1) is 13.2. The van der Waals surface area contributed by atoms with E-state index in [1.165, 1.54) is 12.1 Å². The Bertz CT molecular complexity index is 1140. The molecule has 3 aromatic rings. The number of aromatic amines is 1. The lowest BCUT2D eigenvalue weighted by molar-refractivity contribution is -0.0221. The number of anilines is 2. The van der Waals surface area contributed by atoms with Gasteiger partial charge in [0, 0.05) is 25.9 Å². The van der Waals surface area contributed by atoms with Gasteiger partial charge in [-0.1, -0.05) is 18.2 Å². The third-order valence-electron chi connectivity index (χ3n) is 4.84. The maximum absolute atomic E-state index is 13.5. The number of nitrogens with two attached hydrogens (primary N) is 1. The molecular formula is C18H19F2N5O2S. The lowest BCUT2D eigenvalue weighted by atomic mass is 10.1. The molecule has 0 spiro atoms. The highest BCUT2D eigenvalue weighted by atomic mass is 32.2. The predicted octanol–water partition coefficient (Wildman–Crippen LogP) is 2.92. The first-order valence-corrected chi connectivity index (χ1v) is 10.3. The van der Waals surface area contributed by atoms with Crippen molar-refractivity contribution in [2.75, 3.05) is 23.7 Å². The minimum atomic E-state index is -3.92. The molecule has 3 heterocycles. The summed E-state index contributed by atoms with van der Waals surface area (Å²) in [6.45, 7) is 1.85. The fourth-order valence-electron chi connectivity index (χ4n) is 3.42. The van der Waals surface area contributed by atoms with Gasteiger partial charge < -0.3 is 15.6 Å². The Morgan fingerprint density at radius 1 is 1.14 bits per heavy atom. The van der Waals surface area contributed by atoms with Gasteiger partial charge in [-0.05, 0) is 19.1 Å². The Morgan fingerprint density at radius 3 is 2.43 bits per heavy atom. The highest BCUT2D eigenvalue weighted by Gasteiger charge is 2.36. The number of nitrogens with zero attached hydrogens (tertiary/aromatic N) is 3. The average molecular weight is 407 g/mol. The smallest absolute Gasteiger partial charge is 0.251 e. The molecule has 0 saturated carbocycles. The van der Waals surface area contributed by atoms with E-state index in [0.29, 0.717) is 17.2 Å². The Kier molecular flexibility index (Phi) is 4.25. The van der Waals surface area contributed by atoms with E-state index in [1.54, 1.807) is 30.0 Å². The number of fused-ring (bicyclic) bond motifs is 1. The normalized spacial score (nSPS) is 17.2. The van der Waals surface area contributed by atoms with Gasteiger partial charge in [0.05, 0.1) is 4.90 Å². The first-order valence-electron chi connectivity index (χ1n) is 8.78. The average Bonchev–Trinajstić information content (AvgIpc) is 2.98. The van der Waals surface area contributed by atoms with Crippen molar-refractivity contribution in [1.29, 1.82) is 0 Å². The molecule has 1 aromatic carbocycles. The molecule has 4 rings (SSSR count). The summed E-state index contributed by atoms with van der Waals surface area (Å²) in [6.07, 6.45) is -0.578. The second kappa shape index (κ2) is 6.40. The summed E-state index contributed by atoms with van der Waals surface area (Å²) in [4.78, 5) is 13.2. The van der Waals surface area contributed by atoms with Crippen molar-refractivity contribution >= 4 is 32.5 Å². The van der Waals surface area contributed by atoms with Gasteiger partial charge in [-0.15, -0.1) is 0 Å². The summed E-state index contributed by atoms with van der Waals surface area (Å²) in [5.41, 5.74) is 6.53. The Balaban J connectivity index is 1.88. The molecule has 1 aliphatic heterocycles. The molecule has 0 atom stereocenters. The van der Waals surface area contributed by atoms with E-state index in [9.17, 15) is 17.2 Å². The molecule has 1 saturated heterocycles. The minimum Gasteiger partial charge on any atom is -0.384 e. The number of hydrogen-bond acceptors (Lipinski definition) is 6. The lowest BCUT2D eigenvalue weighted by Gasteiger charge is -2.32. The Labute approximate surface area is 160 Å². The minimum absolute atomic E-state index is 0.0534. The van der Waals surface area contributed by atoms with E-state index in [-0.39, 0.29) is 47.1 Å². The number of alkyl halides is 2. The van der Waals surface area contributed by atoms with Crippen molar-refractivity contribution in [2.24, 2.45) is 0 Å². The molecule has 148 valence electrons. The summed E-state index contributed by atoms with van der Waals surface area (Å²) >= 11 is 0. The van der Waals surface area contributed by atoms with Gasteiger partial charge in [0.25, 0.3) is 5.92 Å². The zero-order valence-electron chi connectivity index (χ0n) is 15.1. The van der Waals surface area contributed by atoms with Gasteiger partial charge in [0.1, 0.15) is 27.6 Å². The third-order valence-corrected chi connectivity index (χ3v) is 6.68. The van der Waals surface area contributed by atoms with E-state index in [0.717, 1.165) is 0 Å². The number of nitrogen functional groups attached to an aromatic ring is 1. The summed E-state index contributed by atoms with van der Waals surface area (Å²) in [5.74, 6) is -2.03. The van der Waals surface area contributed by atoms with E-state index in [1.807, 2.05) is 0 Å². The molecule has 0 amide bonds. The van der Waals surface area contributed by atoms with Crippen molar-refractivity contribution in [3.8, 4) is 0 Å². The number of halogens is 2. The molecule has 0 aliphatic carbocycles. The lowest BCUT2D eigenvalue weighted by Crippen LogP contribution is -2.40. The van der Waals surface area contributed by atoms with Crippen molar-refractivity contribution in [3.05, 3.63) is 36.2 Å². The van der Waals surface area contributed by atoms with Gasteiger partial charge in [-0.25, -0.2) is 27.2 Å². The fraction of sp³-hybridized carbons (Fsp3) is 0.333. The number of rotatable bonds is 3. The van der Waals surface area contributed by atoms with Crippen molar-refractivity contribution in [2.45, 2.75) is 35.5 Å². The number of benzene rings is 1. The number of H-pyrrole nitrogens is 1. The fourth-order valence-corrected chi connectivity index (χ4v) is 4.91. The predicted molar refractivity (Wildman–Crippen MR) is 101 cm³/mol. The molecule has 2 aromatic heterocycles. The number of aryl methyl sites for hydroxylation is 1. The summed E-state index contributed by atoms with van der Waals surface area (Å²) in [6, 6.07) is 7.92. The van der Waals surface area contributed by atoms with Gasteiger partial charge in [0.2, 0.25) is 9.84 Å². The zero-order chi connectivity index (χ0) is 20.1. The standard InChI is InChI=1S/C18H19F2N5O2S/c1-11-22-13-14(17(23-11)25-9-7-18(19,20)8-10-25)24-16(21)15(13)28(26,27)12-5-3-2-4-6-12/h2-6,24H,7-10,21H2,1H3. The summed E-state index contributed by atoms with van der Waals surface area (Å²) in [7, 11) is -3.92. The molecule has 0 unspecified atom stereocenters. The zero-order valence-corrected chi connectivity index (χ0v) is 15.9. The van der Waals surface area contributed by atoms with Crippen LogP contribution >= 0.6 is 0 Å². The van der Waals surface area contributed by atoms with Crippen LogP contribution in [0.4, 0.5) is 20.4 Å². The molecule has 0 radical (unpaired) electrons. The van der Waals surface area contributed by atoms with Crippen LogP contribution in [0.25, 0.3) is 11.0 Å². The number of piperidine rings is 1. The van der Waals surface area contributed by atoms with E-state index in [2.05, 4.69) is 15.0 Å². The van der Waals surface area contributed by atoms with Crippen molar-refractivity contribution < 1.29 is 17.2 Å². The number of sulfone groups is 1. The van der Waals surface area contributed by atoms with Crippen LogP contribution in [0.2, 0.25) is 0 Å². The van der Waals surface area contributed by atoms with E-state index < -0.39 is 15.8 Å². The van der Waals surface area contributed by atoms with E-state index in [4.69, 9.17) is 5.73 Å². The van der Waals surface area contributed by atoms with Crippen LogP contribution in [0.1, 0.15) is 18.7 Å². The Morgan fingerprint density at radius 2 is 1.79 bits per heavy atom. The van der Waals surface area contributed by atoms with Crippen LogP contribution in [0.5, 0.6) is 0 Å². The molecule has 0 bridgehead atoms. The van der Waals surface area contributed by atoms with Gasteiger partial charge >= 0.3 is 0 Å². The second-order valence-electron chi connectivity index (χ2n) is 6.85. The number of hydrogen-bond donors (Lipinski definition) is 2. The van der Waals surface area contributed by atoms with E-state index >= 15 is 0 Å². The maximum Gasteiger partial charge on any atom is 0.251 e. The van der Waals surface area contributed by atoms with Gasteiger partial charge in [-0.3, -0.25) is 0 Å². The second-order valence-corrected chi connectivity index (χ2v) is 8.73. The largest absolute Gasteiger partial charge is 0.384 e. The van der Waals surface area contributed by atoms with Crippen LogP contribution in [0, 0.1) is 6.92 Å². The molecule has 1 fully saturated rings. The molecular weight excluding hydrogens is 388 g/mol. The van der Waals surface area contributed by atoms with Gasteiger partial charge in [0.15, 0.2) is 5.82 Å². The van der Waals surface area contributed by atoms with Crippen molar-refractivity contribution in [1.82, 2.24) is 15.0 Å². The van der Waals surface area contributed by atoms with Gasteiger partial charge in [-0.2, -0.15) is 0 Å². The van der Waals surface area contributed by atoms with Crippen molar-refractivity contribution in [3.63, 3.8) is 0 Å².